The van der Waals surface area contributed by atoms with Crippen LogP contribution >= 0.6 is 0 Å². The third-order valence-electron chi connectivity index (χ3n) is 0.642. The van der Waals surface area contributed by atoms with Crippen LogP contribution in [0.25, 0.3) is 0 Å². The molecule has 0 fully saturated rings. The maximum absolute atomic E-state index is 8.32. The Bertz CT molecular complexity index is 58.8. The van der Waals surface area contributed by atoms with Crippen LogP contribution in [0.2, 0.25) is 6.04 Å². The van der Waals surface area contributed by atoms with Crippen LogP contribution in [0.3, 0.4) is 0 Å². The molecule has 0 aromatic carbocycles. The van der Waals surface area contributed by atoms with Gasteiger partial charge in [-0.05, 0) is 0 Å². The average molecular weight is 138 g/mol. The number of hydrogen-bond donors (Lipinski definition) is 3. The van der Waals surface area contributed by atoms with Crippen LogP contribution < -0.4 is 0 Å². The van der Waals surface area contributed by atoms with E-state index < -0.39 is 8.80 Å². The minimum atomic E-state index is -3.80. The van der Waals surface area contributed by atoms with Crippen molar-refractivity contribution in [1.82, 2.24) is 0 Å². The predicted octanol–water partition coefficient (Wildman–Crippen LogP) is -1.45. The van der Waals surface area contributed by atoms with Crippen LogP contribution in [0.1, 0.15) is 0 Å². The molecule has 0 aliphatic heterocycles. The Morgan fingerprint density at radius 3 is 2.00 bits per heavy atom. The molecule has 0 aromatic heterocycles. The quantitative estimate of drug-likeness (QED) is 0.417. The molecule has 8 heavy (non-hydrogen) atoms. The van der Waals surface area contributed by atoms with E-state index in [9.17, 15) is 0 Å². The molecule has 50 valence electrons. The summed E-state index contributed by atoms with van der Waals surface area (Å²) in [4.78, 5) is 25.0. The summed E-state index contributed by atoms with van der Waals surface area (Å²) in [5, 5.41) is 0. The van der Waals surface area contributed by atoms with Crippen LogP contribution in [-0.2, 0) is 4.74 Å². The SMILES string of the molecule is COCC[Si](O)(O)O. The molecule has 5 heteroatoms. The summed E-state index contributed by atoms with van der Waals surface area (Å²) < 4.78 is 4.47. The van der Waals surface area contributed by atoms with Gasteiger partial charge in [0.25, 0.3) is 0 Å². The summed E-state index contributed by atoms with van der Waals surface area (Å²) in [7, 11) is -2.37. The Morgan fingerprint density at radius 1 is 1.38 bits per heavy atom. The smallest absolute Gasteiger partial charge is 0.390 e. The third-order valence-corrected chi connectivity index (χ3v) is 1.52. The molecule has 3 N–H and O–H groups in total. The van der Waals surface area contributed by atoms with E-state index in [0.717, 1.165) is 0 Å². The standard InChI is InChI=1S/C3H10O4Si/c1-7-2-3-8(4,5)6/h4-6H,2-3H2,1H3. The summed E-state index contributed by atoms with van der Waals surface area (Å²) in [5.41, 5.74) is 0. The van der Waals surface area contributed by atoms with E-state index in [-0.39, 0.29) is 12.7 Å². The summed E-state index contributed by atoms with van der Waals surface area (Å²) in [6.45, 7) is 0.190. The molecule has 0 aliphatic rings. The summed E-state index contributed by atoms with van der Waals surface area (Å²) in [5.74, 6) is 0. The minimum Gasteiger partial charge on any atom is -0.390 e. The second-order valence-electron chi connectivity index (χ2n) is 1.52. The third kappa shape index (κ3) is 6.06. The normalized spacial score (nSPS) is 12.0. The fraction of sp³-hybridized carbons (Fsp3) is 1.00. The molecular formula is C3H10O4Si. The monoisotopic (exact) mass is 138 g/mol. The maximum atomic E-state index is 8.32. The lowest BCUT2D eigenvalue weighted by molar-refractivity contribution is 0.175. The van der Waals surface area contributed by atoms with Gasteiger partial charge < -0.3 is 19.1 Å². The first kappa shape index (κ1) is 8.06. The Morgan fingerprint density at radius 2 is 1.88 bits per heavy atom. The largest absolute Gasteiger partial charge is 0.495 e. The molecule has 0 radical (unpaired) electrons. The molecule has 0 aliphatic carbocycles. The number of hydrogen-bond acceptors (Lipinski definition) is 4. The van der Waals surface area contributed by atoms with Crippen molar-refractivity contribution in [2.45, 2.75) is 6.04 Å². The van der Waals surface area contributed by atoms with Gasteiger partial charge in [-0.15, -0.1) is 0 Å². The lowest BCUT2D eigenvalue weighted by atomic mass is 10.9. The van der Waals surface area contributed by atoms with Crippen molar-refractivity contribution < 1.29 is 19.1 Å². The fourth-order valence-corrected chi connectivity index (χ4v) is 0.717. The van der Waals surface area contributed by atoms with Crippen molar-refractivity contribution in [3.05, 3.63) is 0 Å². The molecule has 0 heterocycles. The number of methoxy groups -OCH3 is 1. The van der Waals surface area contributed by atoms with Crippen molar-refractivity contribution in [3.63, 3.8) is 0 Å². The zero-order chi connectivity index (χ0) is 6.62. The highest BCUT2D eigenvalue weighted by atomic mass is 28.4. The molecule has 0 bridgehead atoms. The lowest BCUT2D eigenvalue weighted by Gasteiger charge is -2.06. The van der Waals surface area contributed by atoms with Crippen LogP contribution in [0.15, 0.2) is 0 Å². The summed E-state index contributed by atoms with van der Waals surface area (Å²) in [6, 6.07) is -0.0521. The molecule has 4 nitrogen and oxygen atoms in total. The van der Waals surface area contributed by atoms with E-state index >= 15 is 0 Å². The molecule has 0 amide bonds. The molecule has 0 rings (SSSR count). The van der Waals surface area contributed by atoms with Crippen LogP contribution in [-0.4, -0.2) is 36.9 Å². The highest BCUT2D eigenvalue weighted by molar-refractivity contribution is 6.56. The lowest BCUT2D eigenvalue weighted by Crippen LogP contribution is -2.35. The molecule has 0 aromatic rings. The van der Waals surface area contributed by atoms with Crippen LogP contribution in [0, 0.1) is 0 Å². The van der Waals surface area contributed by atoms with Gasteiger partial charge in [-0.25, -0.2) is 0 Å². The second-order valence-corrected chi connectivity index (χ2v) is 3.57. The van der Waals surface area contributed by atoms with Crippen molar-refractivity contribution in [2.24, 2.45) is 0 Å². The summed E-state index contributed by atoms with van der Waals surface area (Å²) >= 11 is 0. The van der Waals surface area contributed by atoms with Gasteiger partial charge in [0.1, 0.15) is 0 Å². The Hall–Kier alpha value is 0.0569. The summed E-state index contributed by atoms with van der Waals surface area (Å²) in [6.07, 6.45) is 0. The van der Waals surface area contributed by atoms with E-state index in [1.165, 1.54) is 7.11 Å². The molecule has 0 saturated carbocycles. The van der Waals surface area contributed by atoms with Gasteiger partial charge in [0.05, 0.1) is 6.61 Å². The van der Waals surface area contributed by atoms with E-state index in [1.807, 2.05) is 0 Å². The van der Waals surface area contributed by atoms with Crippen LogP contribution in [0.4, 0.5) is 0 Å². The van der Waals surface area contributed by atoms with Crippen molar-refractivity contribution in [2.75, 3.05) is 13.7 Å². The average Bonchev–Trinajstić information content (AvgIpc) is 1.59. The molecule has 0 atom stereocenters. The van der Waals surface area contributed by atoms with Crippen LogP contribution in [0.5, 0.6) is 0 Å². The van der Waals surface area contributed by atoms with Gasteiger partial charge >= 0.3 is 8.80 Å². The second kappa shape index (κ2) is 3.16. The first-order valence-electron chi connectivity index (χ1n) is 2.22. The Kier molecular flexibility index (Phi) is 3.18. The van der Waals surface area contributed by atoms with Gasteiger partial charge in [-0.3, -0.25) is 0 Å². The predicted molar refractivity (Wildman–Crippen MR) is 29.1 cm³/mol. The molecule has 0 spiro atoms. The van der Waals surface area contributed by atoms with Gasteiger partial charge in [0.15, 0.2) is 0 Å². The highest BCUT2D eigenvalue weighted by Crippen LogP contribution is 1.93. The van der Waals surface area contributed by atoms with Crippen molar-refractivity contribution >= 4 is 8.80 Å². The number of rotatable bonds is 3. The Balaban J connectivity index is 3.11. The van der Waals surface area contributed by atoms with Gasteiger partial charge in [-0.1, -0.05) is 0 Å². The van der Waals surface area contributed by atoms with E-state index in [1.54, 1.807) is 0 Å². The fourth-order valence-electron chi connectivity index (χ4n) is 0.239. The van der Waals surface area contributed by atoms with Gasteiger partial charge in [0, 0.05) is 13.2 Å². The highest BCUT2D eigenvalue weighted by Gasteiger charge is 2.25. The van der Waals surface area contributed by atoms with E-state index in [0.29, 0.717) is 0 Å². The van der Waals surface area contributed by atoms with Crippen molar-refractivity contribution in [3.8, 4) is 0 Å². The molecule has 0 saturated heterocycles. The van der Waals surface area contributed by atoms with E-state index in [4.69, 9.17) is 14.4 Å². The van der Waals surface area contributed by atoms with Gasteiger partial charge in [-0.2, -0.15) is 0 Å². The zero-order valence-electron chi connectivity index (χ0n) is 4.66. The zero-order valence-corrected chi connectivity index (χ0v) is 5.66. The number of ether oxygens (including phenoxy) is 1. The molecule has 0 unspecified atom stereocenters. The topological polar surface area (TPSA) is 69.9 Å². The Labute approximate surface area is 48.7 Å². The van der Waals surface area contributed by atoms with Gasteiger partial charge in [0.2, 0.25) is 0 Å². The van der Waals surface area contributed by atoms with E-state index in [2.05, 4.69) is 4.74 Å². The maximum Gasteiger partial charge on any atom is 0.495 e. The first-order valence-corrected chi connectivity index (χ1v) is 4.27. The molecular weight excluding hydrogens is 128 g/mol. The first-order chi connectivity index (χ1) is 3.56. The van der Waals surface area contributed by atoms with Crippen molar-refractivity contribution in [1.29, 1.82) is 0 Å². The minimum absolute atomic E-state index is 0.0521.